The van der Waals surface area contributed by atoms with E-state index in [1.807, 2.05) is 0 Å². The van der Waals surface area contributed by atoms with Gasteiger partial charge in [-0.1, -0.05) is 0 Å². The normalized spacial score (nSPS) is 9.14. The Morgan fingerprint density at radius 3 is 1.14 bits per heavy atom. The van der Waals surface area contributed by atoms with Crippen molar-refractivity contribution in [2.24, 2.45) is 0 Å². The van der Waals surface area contributed by atoms with Crippen LogP contribution in [-0.2, 0) is 10.4 Å². The van der Waals surface area contributed by atoms with Crippen LogP contribution in [-0.4, -0.2) is 21.0 Å². The zero-order valence-electron chi connectivity index (χ0n) is 2.94. The van der Waals surface area contributed by atoms with Gasteiger partial charge in [-0.25, -0.2) is 0 Å². The van der Waals surface area contributed by atoms with E-state index in [9.17, 15) is 0 Å². The van der Waals surface area contributed by atoms with Gasteiger partial charge in [0.2, 0.25) is 0 Å². The van der Waals surface area contributed by atoms with E-state index in [-0.39, 0.29) is 0 Å². The van der Waals surface area contributed by atoms with E-state index in [2.05, 4.69) is 0 Å². The van der Waals surface area contributed by atoms with Gasteiger partial charge in [-0.05, 0) is 0 Å². The summed E-state index contributed by atoms with van der Waals surface area (Å²) in [5.74, 6) is 0. The summed E-state index contributed by atoms with van der Waals surface area (Å²) >= 11 is 1.15. The van der Waals surface area contributed by atoms with Crippen molar-refractivity contribution in [3.05, 3.63) is 0 Å². The number of rotatable bonds is 0. The van der Waals surface area contributed by atoms with Gasteiger partial charge in [-0.15, -0.1) is 0 Å². The van der Waals surface area contributed by atoms with Gasteiger partial charge in [0, 0.05) is 0 Å². The van der Waals surface area contributed by atoms with Crippen LogP contribution in [0.15, 0.2) is 0 Å². The first-order valence-corrected chi connectivity index (χ1v) is 3.23. The van der Waals surface area contributed by atoms with Gasteiger partial charge >= 0.3 is 10.4 Å². The van der Waals surface area contributed by atoms with Crippen molar-refractivity contribution in [3.63, 3.8) is 0 Å². The third kappa shape index (κ3) is 435. The Hall–Kier alpha value is 0.560. The second kappa shape index (κ2) is 4.71. The van der Waals surface area contributed by atoms with Gasteiger partial charge in [-0.2, -0.15) is 8.42 Å². The Bertz CT molecular complexity index is 91.2. The first-order valence-electron chi connectivity index (χ1n) is 0.868. The van der Waals surface area contributed by atoms with Crippen molar-refractivity contribution >= 4 is 33.4 Å². The summed E-state index contributed by atoms with van der Waals surface area (Å²) in [4.78, 5) is 0. The molecule has 0 aliphatic rings. The summed E-state index contributed by atoms with van der Waals surface area (Å²) in [6.07, 6.45) is 0. The SMILES string of the molecule is O=S(=O)(O)O.OI. The molecule has 0 saturated heterocycles. The lowest BCUT2D eigenvalue weighted by atomic mass is 15.8. The average Bonchev–Trinajstić information content (AvgIpc) is 1.36. The average molecular weight is 242 g/mol. The number of hydrogen-bond acceptors (Lipinski definition) is 3. The zero-order valence-corrected chi connectivity index (χ0v) is 5.92. The summed E-state index contributed by atoms with van der Waals surface area (Å²) in [7, 11) is -4.67. The highest BCUT2D eigenvalue weighted by Crippen LogP contribution is 1.59. The van der Waals surface area contributed by atoms with E-state index in [1.165, 1.54) is 0 Å². The van der Waals surface area contributed by atoms with E-state index in [0.717, 1.165) is 23.0 Å². The van der Waals surface area contributed by atoms with Crippen LogP contribution in [0.3, 0.4) is 0 Å². The topological polar surface area (TPSA) is 94.8 Å². The van der Waals surface area contributed by atoms with Crippen LogP contribution in [0.4, 0.5) is 0 Å². The monoisotopic (exact) mass is 242 g/mol. The van der Waals surface area contributed by atoms with Crippen molar-refractivity contribution in [3.8, 4) is 0 Å². The Balaban J connectivity index is 0. The van der Waals surface area contributed by atoms with Crippen LogP contribution in [0.5, 0.6) is 0 Å². The molecule has 5 nitrogen and oxygen atoms in total. The van der Waals surface area contributed by atoms with Crippen molar-refractivity contribution in [1.82, 2.24) is 0 Å². The van der Waals surface area contributed by atoms with Crippen LogP contribution in [0, 0.1) is 0 Å². The molecular formula is H3IO5S. The molecule has 0 aromatic rings. The molecular weight excluding hydrogens is 239 g/mol. The molecule has 3 N–H and O–H groups in total. The molecule has 0 amide bonds. The maximum absolute atomic E-state index is 8.74. The molecule has 0 aliphatic heterocycles. The lowest BCUT2D eigenvalue weighted by Gasteiger charge is -1.68. The quantitative estimate of drug-likeness (QED) is 0.399. The molecule has 0 unspecified atom stereocenters. The maximum Gasteiger partial charge on any atom is 0.394 e. The highest BCUT2D eigenvalue weighted by molar-refractivity contribution is 14.1. The summed E-state index contributed by atoms with van der Waals surface area (Å²) in [5.41, 5.74) is 0. The molecule has 46 valence electrons. The molecule has 0 aromatic carbocycles. The highest BCUT2D eigenvalue weighted by atomic mass is 127. The fourth-order valence-electron chi connectivity index (χ4n) is 0. The molecule has 7 heavy (non-hydrogen) atoms. The van der Waals surface area contributed by atoms with Gasteiger partial charge in [0.25, 0.3) is 0 Å². The standard InChI is InChI=1S/HIO.H2O4S/c1-2;1-5(2,3)4/h2H;(H2,1,2,3,4). The third-order valence-corrected chi connectivity index (χ3v) is 0. The number of hydrogen-bond donors (Lipinski definition) is 3. The zero-order chi connectivity index (χ0) is 6.50. The molecule has 0 radical (unpaired) electrons. The molecule has 0 aliphatic carbocycles. The second-order valence-electron chi connectivity index (χ2n) is 0.448. The van der Waals surface area contributed by atoms with Crippen LogP contribution in [0.1, 0.15) is 0 Å². The number of halogens is 1. The van der Waals surface area contributed by atoms with Crippen molar-refractivity contribution < 1.29 is 21.0 Å². The molecule has 0 heterocycles. The van der Waals surface area contributed by atoms with Crippen molar-refractivity contribution in [2.75, 3.05) is 0 Å². The largest absolute Gasteiger partial charge is 0.394 e. The Labute approximate surface area is 54.6 Å². The van der Waals surface area contributed by atoms with Gasteiger partial charge in [-0.3, -0.25) is 9.11 Å². The maximum atomic E-state index is 8.74. The molecule has 0 bridgehead atoms. The predicted octanol–water partition coefficient (Wildman–Crippen LogP) is -0.324. The Morgan fingerprint density at radius 1 is 1.14 bits per heavy atom. The minimum Gasteiger partial charge on any atom is -0.331 e. The molecule has 7 heteroatoms. The smallest absolute Gasteiger partial charge is 0.331 e. The van der Waals surface area contributed by atoms with Crippen LogP contribution in [0.25, 0.3) is 0 Å². The minimum absolute atomic E-state index is 1.15. The van der Waals surface area contributed by atoms with E-state index in [4.69, 9.17) is 21.0 Å². The fraction of sp³-hybridized carbons (Fsp3) is 0. The molecule has 0 fully saturated rings. The predicted molar refractivity (Wildman–Crippen MR) is 30.4 cm³/mol. The summed E-state index contributed by atoms with van der Waals surface area (Å²) in [6, 6.07) is 0. The first-order chi connectivity index (χ1) is 3.00. The molecule has 0 rings (SSSR count). The van der Waals surface area contributed by atoms with Gasteiger partial charge in [0.15, 0.2) is 0 Å². The van der Waals surface area contributed by atoms with Crippen LogP contribution in [0.2, 0.25) is 0 Å². The Kier molecular flexibility index (Phi) is 7.08. The van der Waals surface area contributed by atoms with Crippen molar-refractivity contribution in [2.45, 2.75) is 0 Å². The molecule has 0 spiro atoms. The van der Waals surface area contributed by atoms with Crippen LogP contribution < -0.4 is 0 Å². The third-order valence-electron chi connectivity index (χ3n) is 0. The summed E-state index contributed by atoms with van der Waals surface area (Å²) < 4.78 is 38.6. The Morgan fingerprint density at radius 2 is 1.14 bits per heavy atom. The van der Waals surface area contributed by atoms with Crippen LogP contribution >= 0.6 is 23.0 Å². The summed E-state index contributed by atoms with van der Waals surface area (Å²) in [5, 5.41) is 0. The highest BCUT2D eigenvalue weighted by Gasteiger charge is 1.84. The lowest BCUT2D eigenvalue weighted by molar-refractivity contribution is 0.381. The van der Waals surface area contributed by atoms with E-state index in [0.29, 0.717) is 0 Å². The van der Waals surface area contributed by atoms with Gasteiger partial charge < -0.3 is 3.44 Å². The fourth-order valence-corrected chi connectivity index (χ4v) is 0. The van der Waals surface area contributed by atoms with E-state index in [1.54, 1.807) is 0 Å². The minimum atomic E-state index is -4.67. The van der Waals surface area contributed by atoms with Gasteiger partial charge in [0.05, 0.1) is 0 Å². The van der Waals surface area contributed by atoms with E-state index >= 15 is 0 Å². The van der Waals surface area contributed by atoms with Crippen molar-refractivity contribution in [1.29, 1.82) is 0 Å². The molecule has 0 atom stereocenters. The lowest BCUT2D eigenvalue weighted by Crippen LogP contribution is -1.89. The summed E-state index contributed by atoms with van der Waals surface area (Å²) in [6.45, 7) is 0. The second-order valence-corrected chi connectivity index (χ2v) is 1.34. The molecule has 0 saturated carbocycles. The molecule has 0 aromatic heterocycles. The van der Waals surface area contributed by atoms with E-state index < -0.39 is 10.4 Å². The van der Waals surface area contributed by atoms with Gasteiger partial charge in [0.1, 0.15) is 23.0 Å². The first kappa shape index (κ1) is 10.5.